The van der Waals surface area contributed by atoms with Gasteiger partial charge < -0.3 is 19.7 Å². The van der Waals surface area contributed by atoms with Crippen LogP contribution in [0.15, 0.2) is 42.5 Å². The molecule has 156 valence electrons. The summed E-state index contributed by atoms with van der Waals surface area (Å²) < 4.78 is 10.9. The minimum Gasteiger partial charge on any atom is -0.496 e. The van der Waals surface area contributed by atoms with Crippen molar-refractivity contribution < 1.29 is 24.5 Å². The maximum atomic E-state index is 12.2. The first-order valence-corrected chi connectivity index (χ1v) is 9.79. The third kappa shape index (κ3) is 4.23. The highest BCUT2D eigenvalue weighted by Crippen LogP contribution is 2.38. The molecule has 1 heterocycles. The molecule has 2 atom stereocenters. The van der Waals surface area contributed by atoms with Crippen molar-refractivity contribution in [3.05, 3.63) is 59.2 Å². The number of aliphatic carboxylic acids is 1. The number of benzene rings is 2. The van der Waals surface area contributed by atoms with E-state index >= 15 is 0 Å². The van der Waals surface area contributed by atoms with Crippen molar-refractivity contribution in [2.45, 2.75) is 32.4 Å². The van der Waals surface area contributed by atoms with Crippen LogP contribution in [-0.2, 0) is 17.8 Å². The van der Waals surface area contributed by atoms with Gasteiger partial charge in [0.1, 0.15) is 16.9 Å². The molecule has 0 saturated carbocycles. The number of ether oxygens (including phenoxy) is 2. The fourth-order valence-corrected chi connectivity index (χ4v) is 4.27. The van der Waals surface area contributed by atoms with Crippen LogP contribution in [-0.4, -0.2) is 54.5 Å². The molecular formula is C23H29NO5. The second kappa shape index (κ2) is 8.84. The molecule has 1 aliphatic heterocycles. The molecule has 3 rings (SSSR count). The Morgan fingerprint density at radius 1 is 1.17 bits per heavy atom. The average molecular weight is 399 g/mol. The van der Waals surface area contributed by atoms with Gasteiger partial charge in [-0.25, -0.2) is 0 Å². The minimum absolute atomic E-state index is 0.299. The first-order valence-electron chi connectivity index (χ1n) is 9.79. The number of aliphatic hydroxyl groups is 1. The minimum atomic E-state index is -1.17. The van der Waals surface area contributed by atoms with Crippen molar-refractivity contribution in [1.82, 2.24) is 4.90 Å². The molecule has 0 bridgehead atoms. The van der Waals surface area contributed by atoms with Crippen molar-refractivity contribution in [3.63, 3.8) is 0 Å². The molecule has 6 heteroatoms. The first kappa shape index (κ1) is 21.1. The second-order valence-electron chi connectivity index (χ2n) is 7.71. The van der Waals surface area contributed by atoms with Crippen LogP contribution in [0, 0.1) is 12.3 Å². The summed E-state index contributed by atoms with van der Waals surface area (Å²) in [6.45, 7) is 3.41. The molecule has 0 spiro atoms. The third-order valence-electron chi connectivity index (χ3n) is 5.99. The molecule has 1 saturated heterocycles. The Kier molecular flexibility index (Phi) is 6.45. The van der Waals surface area contributed by atoms with Crippen molar-refractivity contribution in [1.29, 1.82) is 0 Å². The second-order valence-corrected chi connectivity index (χ2v) is 7.71. The lowest BCUT2D eigenvalue weighted by atomic mass is 9.71. The number of hydrogen-bond acceptors (Lipinski definition) is 5. The van der Waals surface area contributed by atoms with Crippen molar-refractivity contribution in [3.8, 4) is 11.5 Å². The number of carbonyl (C=O) groups is 1. The topological polar surface area (TPSA) is 79.2 Å². The van der Waals surface area contributed by atoms with Crippen molar-refractivity contribution >= 4 is 5.97 Å². The lowest BCUT2D eigenvalue weighted by Gasteiger charge is -2.43. The van der Waals surface area contributed by atoms with Crippen LogP contribution in [0.2, 0.25) is 0 Å². The van der Waals surface area contributed by atoms with Gasteiger partial charge in [0.05, 0.1) is 20.3 Å². The molecule has 0 amide bonds. The van der Waals surface area contributed by atoms with E-state index in [1.54, 1.807) is 14.2 Å². The van der Waals surface area contributed by atoms with Crippen LogP contribution in [0.5, 0.6) is 11.5 Å². The van der Waals surface area contributed by atoms with Crippen LogP contribution in [0.3, 0.4) is 0 Å². The maximum Gasteiger partial charge on any atom is 0.312 e. The van der Waals surface area contributed by atoms with Crippen LogP contribution >= 0.6 is 0 Å². The van der Waals surface area contributed by atoms with Gasteiger partial charge in [0.15, 0.2) is 0 Å². The van der Waals surface area contributed by atoms with E-state index in [2.05, 4.69) is 4.90 Å². The number of carboxylic acid groups (broad SMARTS) is 1. The molecule has 2 N–H and O–H groups in total. The van der Waals surface area contributed by atoms with Gasteiger partial charge in [0.2, 0.25) is 0 Å². The number of nitrogens with zero attached hydrogens (tertiary/aromatic N) is 1. The zero-order chi connectivity index (χ0) is 21.0. The van der Waals surface area contributed by atoms with Crippen LogP contribution in [0.1, 0.15) is 23.1 Å². The number of hydrogen-bond donors (Lipinski definition) is 2. The Labute approximate surface area is 171 Å². The van der Waals surface area contributed by atoms with Gasteiger partial charge in [-0.3, -0.25) is 9.69 Å². The standard InChI is InChI=1S/C23H29NO5/c1-16-19(28-2)10-9-18(21(16)29-3)14-24-12-11-23(22(26)27,20(25)15-24)13-17-7-5-4-6-8-17/h4-10,20,25H,11-15H2,1-3H3,(H,26,27)/t20-,23+/m0/s1. The molecule has 0 radical (unpaired) electrons. The van der Waals surface area contributed by atoms with Crippen LogP contribution in [0.25, 0.3) is 0 Å². The van der Waals surface area contributed by atoms with Gasteiger partial charge in [-0.15, -0.1) is 0 Å². The van der Waals surface area contributed by atoms with Crippen LogP contribution < -0.4 is 9.47 Å². The fourth-order valence-electron chi connectivity index (χ4n) is 4.27. The zero-order valence-electron chi connectivity index (χ0n) is 17.2. The molecule has 2 aromatic rings. The van der Waals surface area contributed by atoms with Crippen molar-refractivity contribution in [2.75, 3.05) is 27.3 Å². The summed E-state index contributed by atoms with van der Waals surface area (Å²) in [5.41, 5.74) is 1.67. The zero-order valence-corrected chi connectivity index (χ0v) is 17.2. The molecule has 0 unspecified atom stereocenters. The molecular weight excluding hydrogens is 370 g/mol. The number of rotatable bonds is 7. The normalized spacial score (nSPS) is 22.3. The SMILES string of the molecule is COc1ccc(CN2CC[C@](Cc3ccccc3)(C(=O)O)[C@@H](O)C2)c(OC)c1C. The summed E-state index contributed by atoms with van der Waals surface area (Å²) in [7, 11) is 3.26. The van der Waals surface area contributed by atoms with E-state index in [1.807, 2.05) is 49.4 Å². The predicted molar refractivity (Wildman–Crippen MR) is 110 cm³/mol. The maximum absolute atomic E-state index is 12.2. The van der Waals surface area contributed by atoms with Gasteiger partial charge in [-0.05, 0) is 37.9 Å². The van der Waals surface area contributed by atoms with Crippen molar-refractivity contribution in [2.24, 2.45) is 5.41 Å². The Morgan fingerprint density at radius 3 is 2.48 bits per heavy atom. The highest BCUT2D eigenvalue weighted by Gasteiger charge is 2.48. The number of carboxylic acids is 1. The van der Waals surface area contributed by atoms with E-state index in [1.165, 1.54) is 0 Å². The summed E-state index contributed by atoms with van der Waals surface area (Å²) in [4.78, 5) is 14.2. The first-order chi connectivity index (χ1) is 13.9. The third-order valence-corrected chi connectivity index (χ3v) is 5.99. The van der Waals surface area contributed by atoms with E-state index in [-0.39, 0.29) is 0 Å². The Bertz CT molecular complexity index is 854. The lowest BCUT2D eigenvalue weighted by molar-refractivity contribution is -0.163. The van der Waals surface area contributed by atoms with Gasteiger partial charge in [0.25, 0.3) is 0 Å². The number of likely N-dealkylation sites (tertiary alicyclic amines) is 1. The molecule has 6 nitrogen and oxygen atoms in total. The Morgan fingerprint density at radius 2 is 1.90 bits per heavy atom. The lowest BCUT2D eigenvalue weighted by Crippen LogP contribution is -2.55. The highest BCUT2D eigenvalue weighted by molar-refractivity contribution is 5.76. The number of methoxy groups -OCH3 is 2. The van der Waals surface area contributed by atoms with Gasteiger partial charge in [0, 0.05) is 24.2 Å². The smallest absolute Gasteiger partial charge is 0.312 e. The Hall–Kier alpha value is -2.57. The fraction of sp³-hybridized carbons (Fsp3) is 0.435. The van der Waals surface area contributed by atoms with E-state index < -0.39 is 17.5 Å². The molecule has 29 heavy (non-hydrogen) atoms. The summed E-state index contributed by atoms with van der Waals surface area (Å²) in [6.07, 6.45) is -0.252. The number of aliphatic hydroxyl groups excluding tert-OH is 1. The number of piperidine rings is 1. The molecule has 1 fully saturated rings. The average Bonchev–Trinajstić information content (AvgIpc) is 2.71. The monoisotopic (exact) mass is 399 g/mol. The van der Waals surface area contributed by atoms with Crippen LogP contribution in [0.4, 0.5) is 0 Å². The molecule has 0 aliphatic carbocycles. The quantitative estimate of drug-likeness (QED) is 0.745. The molecule has 0 aromatic heterocycles. The van der Waals surface area contributed by atoms with E-state index in [4.69, 9.17) is 9.47 Å². The number of β-amino-alcohol motifs (C(OH)–C–C–N with tert-alkyl or cyclic N) is 1. The van der Waals surface area contributed by atoms with Gasteiger partial charge in [-0.1, -0.05) is 36.4 Å². The van der Waals surface area contributed by atoms with Gasteiger partial charge >= 0.3 is 5.97 Å². The predicted octanol–water partition coefficient (Wildman–Crippen LogP) is 2.89. The highest BCUT2D eigenvalue weighted by atomic mass is 16.5. The van der Waals surface area contributed by atoms with E-state index in [0.717, 1.165) is 28.2 Å². The molecule has 1 aliphatic rings. The summed E-state index contributed by atoms with van der Waals surface area (Å²) in [5, 5.41) is 20.8. The Balaban J connectivity index is 1.77. The summed E-state index contributed by atoms with van der Waals surface area (Å²) in [5.74, 6) is 0.585. The van der Waals surface area contributed by atoms with E-state index in [9.17, 15) is 15.0 Å². The summed E-state index contributed by atoms with van der Waals surface area (Å²) >= 11 is 0. The summed E-state index contributed by atoms with van der Waals surface area (Å²) in [6, 6.07) is 13.4. The molecule has 2 aromatic carbocycles. The van der Waals surface area contributed by atoms with Gasteiger partial charge in [-0.2, -0.15) is 0 Å². The van der Waals surface area contributed by atoms with E-state index in [0.29, 0.717) is 32.5 Å². The largest absolute Gasteiger partial charge is 0.496 e.